The Morgan fingerprint density at radius 2 is 1.92 bits per heavy atom. The van der Waals surface area contributed by atoms with Gasteiger partial charge in [-0.2, -0.15) is 4.59 Å². The van der Waals surface area contributed by atoms with Gasteiger partial charge in [-0.3, -0.25) is 4.79 Å². The zero-order chi connectivity index (χ0) is 18.7. The molecule has 2 aromatic rings. The number of nitrogens with two attached hydrogens (primary N) is 1. The SMILES string of the molecule is COc1cc(C=CC2=N[N+](C)(C)c3ccccc32)ccc1OCC(N)=O. The number of benzene rings is 2. The van der Waals surface area contributed by atoms with Crippen molar-refractivity contribution in [3.63, 3.8) is 0 Å². The van der Waals surface area contributed by atoms with Gasteiger partial charge in [-0.1, -0.05) is 29.4 Å². The minimum Gasteiger partial charge on any atom is -0.493 e. The predicted octanol–water partition coefficient (Wildman–Crippen LogP) is 2.56. The molecule has 0 aliphatic carbocycles. The number of para-hydroxylation sites is 1. The molecule has 2 aromatic carbocycles. The van der Waals surface area contributed by atoms with E-state index >= 15 is 0 Å². The maximum atomic E-state index is 10.9. The lowest BCUT2D eigenvalue weighted by molar-refractivity contribution is -0.119. The second-order valence-electron chi connectivity index (χ2n) is 6.40. The number of nitrogens with zero attached hydrogens (tertiary/aromatic N) is 2. The molecule has 26 heavy (non-hydrogen) atoms. The zero-order valence-electron chi connectivity index (χ0n) is 15.1. The minimum absolute atomic E-state index is 0.188. The first kappa shape index (κ1) is 17.7. The first-order valence-electron chi connectivity index (χ1n) is 8.22. The molecule has 1 aliphatic rings. The zero-order valence-corrected chi connectivity index (χ0v) is 15.1. The lowest BCUT2D eigenvalue weighted by atomic mass is 10.1. The number of fused-ring (bicyclic) bond motifs is 1. The summed E-state index contributed by atoms with van der Waals surface area (Å²) in [7, 11) is 5.65. The summed E-state index contributed by atoms with van der Waals surface area (Å²) in [6.45, 7) is -0.188. The van der Waals surface area contributed by atoms with Gasteiger partial charge in [0.25, 0.3) is 5.91 Å². The smallest absolute Gasteiger partial charge is 0.255 e. The van der Waals surface area contributed by atoms with E-state index in [2.05, 4.69) is 12.1 Å². The van der Waals surface area contributed by atoms with Crippen molar-refractivity contribution >= 4 is 23.4 Å². The molecule has 1 heterocycles. The molecule has 1 aliphatic heterocycles. The van der Waals surface area contributed by atoms with Crippen molar-refractivity contribution in [3.05, 3.63) is 59.7 Å². The average molecular weight is 352 g/mol. The summed E-state index contributed by atoms with van der Waals surface area (Å²) in [5.41, 5.74) is 9.27. The molecule has 0 spiro atoms. The van der Waals surface area contributed by atoms with Gasteiger partial charge in [0, 0.05) is 6.07 Å². The van der Waals surface area contributed by atoms with Gasteiger partial charge in [0.05, 0.1) is 26.8 Å². The highest BCUT2D eigenvalue weighted by Crippen LogP contribution is 2.32. The Bertz CT molecular complexity index is 901. The maximum absolute atomic E-state index is 10.9. The highest BCUT2D eigenvalue weighted by atomic mass is 16.5. The van der Waals surface area contributed by atoms with Crippen molar-refractivity contribution in [2.24, 2.45) is 10.8 Å². The van der Waals surface area contributed by atoms with Crippen LogP contribution in [0.2, 0.25) is 0 Å². The van der Waals surface area contributed by atoms with Crippen molar-refractivity contribution in [2.75, 3.05) is 27.8 Å². The van der Waals surface area contributed by atoms with E-state index in [1.807, 2.05) is 50.5 Å². The van der Waals surface area contributed by atoms with E-state index < -0.39 is 5.91 Å². The van der Waals surface area contributed by atoms with Gasteiger partial charge in [0.15, 0.2) is 23.8 Å². The number of ether oxygens (including phenoxy) is 2. The fourth-order valence-corrected chi connectivity index (χ4v) is 2.90. The van der Waals surface area contributed by atoms with Gasteiger partial charge in [-0.25, -0.2) is 0 Å². The number of hydrogen-bond donors (Lipinski definition) is 1. The minimum atomic E-state index is -0.533. The van der Waals surface area contributed by atoms with Crippen LogP contribution >= 0.6 is 0 Å². The normalized spacial score (nSPS) is 14.8. The Morgan fingerprint density at radius 3 is 2.65 bits per heavy atom. The predicted molar refractivity (Wildman–Crippen MR) is 103 cm³/mol. The summed E-state index contributed by atoms with van der Waals surface area (Å²) in [5.74, 6) is 0.484. The number of quaternary nitrogens is 1. The van der Waals surface area contributed by atoms with Gasteiger partial charge in [0.2, 0.25) is 0 Å². The Kier molecular flexibility index (Phi) is 4.77. The van der Waals surface area contributed by atoms with Gasteiger partial charge in [-0.15, -0.1) is 0 Å². The van der Waals surface area contributed by atoms with Gasteiger partial charge in [-0.05, 0) is 29.8 Å². The van der Waals surface area contributed by atoms with Crippen LogP contribution in [-0.2, 0) is 4.79 Å². The molecular formula is C20H22N3O3+. The number of primary amides is 1. The van der Waals surface area contributed by atoms with Crippen LogP contribution < -0.4 is 19.8 Å². The fraction of sp³-hybridized carbons (Fsp3) is 0.200. The molecular weight excluding hydrogens is 330 g/mol. The molecule has 3 rings (SSSR count). The van der Waals surface area contributed by atoms with Crippen molar-refractivity contribution in [1.82, 2.24) is 4.59 Å². The number of carbonyl (C=O) groups is 1. The monoisotopic (exact) mass is 352 g/mol. The molecule has 6 nitrogen and oxygen atoms in total. The molecule has 1 amide bonds. The van der Waals surface area contributed by atoms with Gasteiger partial charge in [0.1, 0.15) is 5.71 Å². The molecule has 134 valence electrons. The Morgan fingerprint density at radius 1 is 1.15 bits per heavy atom. The Labute approximate surface area is 152 Å². The molecule has 6 heteroatoms. The van der Waals surface area contributed by atoms with E-state index in [0.29, 0.717) is 16.1 Å². The lowest BCUT2D eigenvalue weighted by Crippen LogP contribution is -2.31. The highest BCUT2D eigenvalue weighted by Gasteiger charge is 2.31. The number of hydrogen-bond acceptors (Lipinski definition) is 4. The van der Waals surface area contributed by atoms with Crippen molar-refractivity contribution in [3.8, 4) is 11.5 Å². The summed E-state index contributed by atoms with van der Waals surface area (Å²) < 4.78 is 11.2. The molecule has 0 atom stereocenters. The van der Waals surface area contributed by atoms with E-state index in [-0.39, 0.29) is 6.61 Å². The van der Waals surface area contributed by atoms with Crippen LogP contribution in [0.15, 0.2) is 53.6 Å². The lowest BCUT2D eigenvalue weighted by Gasteiger charge is -2.17. The largest absolute Gasteiger partial charge is 0.493 e. The first-order valence-corrected chi connectivity index (χ1v) is 8.22. The summed E-state index contributed by atoms with van der Waals surface area (Å²) in [6, 6.07) is 13.7. The molecule has 2 N–H and O–H groups in total. The van der Waals surface area contributed by atoms with Crippen molar-refractivity contribution in [1.29, 1.82) is 0 Å². The Balaban J connectivity index is 1.84. The van der Waals surface area contributed by atoms with E-state index in [1.165, 1.54) is 5.69 Å². The molecule has 0 fully saturated rings. The maximum Gasteiger partial charge on any atom is 0.255 e. The third-order valence-electron chi connectivity index (χ3n) is 4.12. The van der Waals surface area contributed by atoms with Crippen LogP contribution in [0, 0.1) is 0 Å². The third kappa shape index (κ3) is 3.60. The van der Waals surface area contributed by atoms with E-state index in [4.69, 9.17) is 20.3 Å². The first-order chi connectivity index (χ1) is 12.4. The van der Waals surface area contributed by atoms with Crippen LogP contribution in [0.4, 0.5) is 5.69 Å². The number of allylic oxidation sites excluding steroid dienone is 1. The molecule has 0 unspecified atom stereocenters. The second-order valence-corrected chi connectivity index (χ2v) is 6.40. The van der Waals surface area contributed by atoms with Gasteiger partial charge >= 0.3 is 0 Å². The molecule has 0 aromatic heterocycles. The molecule has 0 bridgehead atoms. The standard InChI is InChI=1S/C20H21N3O3/c1-23(2)17-7-5-4-6-15(17)16(22-23)10-8-14-9-11-18(19(12-14)25-3)26-13-20(21)24/h4-12H,13H2,1-3H3,(H-,21,24)/p+1. The van der Waals surface area contributed by atoms with Crippen molar-refractivity contribution in [2.45, 2.75) is 0 Å². The van der Waals surface area contributed by atoms with E-state index in [1.54, 1.807) is 13.2 Å². The summed E-state index contributed by atoms with van der Waals surface area (Å²) >= 11 is 0. The average Bonchev–Trinajstić information content (AvgIpc) is 2.89. The second kappa shape index (κ2) is 7.01. The van der Waals surface area contributed by atoms with Gasteiger partial charge < -0.3 is 15.2 Å². The summed E-state index contributed by atoms with van der Waals surface area (Å²) in [5, 5.41) is 4.77. The molecule has 0 saturated carbocycles. The molecule has 0 saturated heterocycles. The fourth-order valence-electron chi connectivity index (χ4n) is 2.90. The van der Waals surface area contributed by atoms with Crippen LogP contribution in [0.25, 0.3) is 6.08 Å². The van der Waals surface area contributed by atoms with Crippen LogP contribution in [0.5, 0.6) is 11.5 Å². The number of methoxy groups -OCH3 is 1. The van der Waals surface area contributed by atoms with Crippen molar-refractivity contribution < 1.29 is 14.3 Å². The quantitative estimate of drug-likeness (QED) is 0.812. The van der Waals surface area contributed by atoms with Crippen LogP contribution in [0.1, 0.15) is 11.1 Å². The summed E-state index contributed by atoms with van der Waals surface area (Å²) in [4.78, 5) is 10.9. The summed E-state index contributed by atoms with van der Waals surface area (Å²) in [6.07, 6.45) is 3.96. The Hall–Kier alpha value is -3.12. The topological polar surface area (TPSA) is 73.9 Å². The third-order valence-corrected chi connectivity index (χ3v) is 4.12. The van der Waals surface area contributed by atoms with E-state index in [0.717, 1.165) is 16.8 Å². The van der Waals surface area contributed by atoms with Crippen LogP contribution in [-0.4, -0.2) is 39.4 Å². The van der Waals surface area contributed by atoms with Crippen LogP contribution in [0.3, 0.4) is 0 Å². The number of rotatable bonds is 6. The molecule has 0 radical (unpaired) electrons. The number of amides is 1. The highest BCUT2D eigenvalue weighted by molar-refractivity contribution is 6.15. The number of carbonyl (C=O) groups excluding carboxylic acids is 1. The van der Waals surface area contributed by atoms with E-state index in [9.17, 15) is 4.79 Å².